The highest BCUT2D eigenvalue weighted by Crippen LogP contribution is 2.36. The Kier molecular flexibility index (Phi) is 4.52. The van der Waals surface area contributed by atoms with Crippen molar-refractivity contribution in [2.75, 3.05) is 26.2 Å². The summed E-state index contributed by atoms with van der Waals surface area (Å²) in [5.41, 5.74) is 7.47. The van der Waals surface area contributed by atoms with Gasteiger partial charge >= 0.3 is 0 Å². The maximum atomic E-state index is 13.0. The quantitative estimate of drug-likeness (QED) is 0.930. The van der Waals surface area contributed by atoms with Gasteiger partial charge in [0.15, 0.2) is 0 Å². The summed E-state index contributed by atoms with van der Waals surface area (Å²) in [4.78, 5) is 15.0. The van der Waals surface area contributed by atoms with Crippen molar-refractivity contribution >= 4 is 16.8 Å². The first-order valence-electron chi connectivity index (χ1n) is 9.43. The summed E-state index contributed by atoms with van der Waals surface area (Å²) in [5, 5.41) is 1.12. The van der Waals surface area contributed by atoms with E-state index in [0.717, 1.165) is 43.3 Å². The van der Waals surface area contributed by atoms with E-state index < -0.39 is 0 Å². The van der Waals surface area contributed by atoms with Crippen molar-refractivity contribution in [1.82, 2.24) is 9.47 Å². The molecule has 1 spiro atoms. The highest BCUT2D eigenvalue weighted by atomic mass is 16.5. The number of carbonyl (C=O) groups excluding carboxylic acids is 1. The van der Waals surface area contributed by atoms with Crippen LogP contribution in [0.3, 0.4) is 0 Å². The Morgan fingerprint density at radius 2 is 2.08 bits per heavy atom. The molecule has 2 N–H and O–H groups in total. The molecule has 2 fully saturated rings. The zero-order valence-electron chi connectivity index (χ0n) is 14.7. The monoisotopic (exact) mass is 341 g/mol. The van der Waals surface area contributed by atoms with Crippen LogP contribution in [0.15, 0.2) is 30.5 Å². The fourth-order valence-corrected chi connectivity index (χ4v) is 4.31. The van der Waals surface area contributed by atoms with Gasteiger partial charge in [0.2, 0.25) is 0 Å². The summed E-state index contributed by atoms with van der Waals surface area (Å²) >= 11 is 0. The van der Waals surface area contributed by atoms with Gasteiger partial charge in [0.25, 0.3) is 5.91 Å². The SMILES string of the molecule is NCCCn1ccc2cc(C(=O)N3CCOC4(CCCC4)C3)ccc21. The number of fused-ring (bicyclic) bond motifs is 1. The van der Waals surface area contributed by atoms with E-state index in [2.05, 4.69) is 22.9 Å². The first kappa shape index (κ1) is 16.6. The molecule has 0 unspecified atom stereocenters. The largest absolute Gasteiger partial charge is 0.371 e. The van der Waals surface area contributed by atoms with Crippen LogP contribution in [0.2, 0.25) is 0 Å². The summed E-state index contributed by atoms with van der Waals surface area (Å²) in [6.07, 6.45) is 7.63. The Balaban J connectivity index is 1.53. The fraction of sp³-hybridized carbons (Fsp3) is 0.550. The first-order chi connectivity index (χ1) is 12.2. The normalized spacial score (nSPS) is 19.8. The van der Waals surface area contributed by atoms with Crippen molar-refractivity contribution in [3.8, 4) is 0 Å². The molecular weight excluding hydrogens is 314 g/mol. The highest BCUT2D eigenvalue weighted by molar-refractivity contribution is 5.98. The third-order valence-corrected chi connectivity index (χ3v) is 5.67. The van der Waals surface area contributed by atoms with Crippen molar-refractivity contribution in [2.24, 2.45) is 5.73 Å². The van der Waals surface area contributed by atoms with E-state index in [1.807, 2.05) is 17.0 Å². The number of hydrogen-bond donors (Lipinski definition) is 1. The minimum absolute atomic E-state index is 0.0798. The number of benzene rings is 1. The van der Waals surface area contributed by atoms with E-state index in [4.69, 9.17) is 10.5 Å². The van der Waals surface area contributed by atoms with Crippen LogP contribution in [-0.2, 0) is 11.3 Å². The highest BCUT2D eigenvalue weighted by Gasteiger charge is 2.40. The Morgan fingerprint density at radius 1 is 1.24 bits per heavy atom. The van der Waals surface area contributed by atoms with Gasteiger partial charge in [-0.2, -0.15) is 0 Å². The average Bonchev–Trinajstić information content (AvgIpc) is 3.26. The fourth-order valence-electron chi connectivity index (χ4n) is 4.31. The summed E-state index contributed by atoms with van der Waals surface area (Å²) in [7, 11) is 0. The molecular formula is C20H27N3O2. The van der Waals surface area contributed by atoms with Gasteiger partial charge in [0, 0.05) is 35.8 Å². The van der Waals surface area contributed by atoms with Gasteiger partial charge in [-0.3, -0.25) is 4.79 Å². The van der Waals surface area contributed by atoms with Gasteiger partial charge in [0.1, 0.15) is 0 Å². The summed E-state index contributed by atoms with van der Waals surface area (Å²) in [6.45, 7) is 3.69. The zero-order valence-corrected chi connectivity index (χ0v) is 14.7. The van der Waals surface area contributed by atoms with Crippen LogP contribution in [0.5, 0.6) is 0 Å². The Labute approximate surface area is 148 Å². The van der Waals surface area contributed by atoms with Crippen LogP contribution < -0.4 is 5.73 Å². The lowest BCUT2D eigenvalue weighted by atomic mass is 9.99. The van der Waals surface area contributed by atoms with E-state index in [9.17, 15) is 4.79 Å². The molecule has 25 heavy (non-hydrogen) atoms. The van der Waals surface area contributed by atoms with Crippen molar-refractivity contribution in [1.29, 1.82) is 0 Å². The van der Waals surface area contributed by atoms with Crippen LogP contribution >= 0.6 is 0 Å². The summed E-state index contributed by atoms with van der Waals surface area (Å²) in [6, 6.07) is 8.12. The lowest BCUT2D eigenvalue weighted by Crippen LogP contribution is -2.52. The van der Waals surface area contributed by atoms with Gasteiger partial charge in [-0.25, -0.2) is 0 Å². The number of morpholine rings is 1. The Bertz CT molecular complexity index is 761. The van der Waals surface area contributed by atoms with E-state index >= 15 is 0 Å². The van der Waals surface area contributed by atoms with Crippen LogP contribution in [0, 0.1) is 0 Å². The number of rotatable bonds is 4. The molecule has 4 rings (SSSR count). The maximum Gasteiger partial charge on any atom is 0.254 e. The van der Waals surface area contributed by atoms with Crippen LogP contribution in [0.1, 0.15) is 42.5 Å². The predicted octanol–water partition coefficient (Wildman–Crippen LogP) is 2.78. The van der Waals surface area contributed by atoms with Crippen molar-refractivity contribution in [3.05, 3.63) is 36.0 Å². The lowest BCUT2D eigenvalue weighted by Gasteiger charge is -2.40. The Morgan fingerprint density at radius 3 is 2.88 bits per heavy atom. The zero-order chi connectivity index (χ0) is 17.3. The van der Waals surface area contributed by atoms with Crippen LogP contribution in [0.25, 0.3) is 10.9 Å². The van der Waals surface area contributed by atoms with Crippen molar-refractivity contribution in [2.45, 2.75) is 44.2 Å². The van der Waals surface area contributed by atoms with Crippen molar-refractivity contribution < 1.29 is 9.53 Å². The number of aromatic nitrogens is 1. The second-order valence-electron chi connectivity index (χ2n) is 7.39. The Hall–Kier alpha value is -1.85. The van der Waals surface area contributed by atoms with Crippen molar-refractivity contribution in [3.63, 3.8) is 0 Å². The molecule has 2 aliphatic rings. The second kappa shape index (κ2) is 6.81. The number of nitrogens with zero attached hydrogens (tertiary/aromatic N) is 2. The topological polar surface area (TPSA) is 60.5 Å². The standard InChI is InChI=1S/C20H27N3O2/c21-9-3-10-22-11-6-16-14-17(4-5-18(16)22)19(24)23-12-13-25-20(15-23)7-1-2-8-20/h4-6,11,14H,1-3,7-10,12-13,15,21H2. The maximum absolute atomic E-state index is 13.0. The second-order valence-corrected chi connectivity index (χ2v) is 7.39. The number of hydrogen-bond acceptors (Lipinski definition) is 3. The molecule has 5 nitrogen and oxygen atoms in total. The van der Waals surface area contributed by atoms with Gasteiger partial charge in [0.05, 0.1) is 18.8 Å². The minimum atomic E-state index is -0.0798. The molecule has 0 radical (unpaired) electrons. The first-order valence-corrected chi connectivity index (χ1v) is 9.43. The number of aryl methyl sites for hydroxylation is 1. The predicted molar refractivity (Wildman–Crippen MR) is 98.7 cm³/mol. The van der Waals surface area contributed by atoms with E-state index in [1.54, 1.807) is 0 Å². The van der Waals surface area contributed by atoms with Gasteiger partial charge in [-0.1, -0.05) is 12.8 Å². The molecule has 1 aromatic heterocycles. The van der Waals surface area contributed by atoms with E-state index in [-0.39, 0.29) is 11.5 Å². The van der Waals surface area contributed by atoms with E-state index in [1.165, 1.54) is 18.4 Å². The number of amides is 1. The summed E-state index contributed by atoms with van der Waals surface area (Å²) in [5.74, 6) is 0.131. The number of ether oxygens (including phenoxy) is 1. The minimum Gasteiger partial charge on any atom is -0.371 e. The third kappa shape index (κ3) is 3.18. The molecule has 5 heteroatoms. The lowest BCUT2D eigenvalue weighted by molar-refractivity contribution is -0.0948. The molecule has 1 aromatic carbocycles. The molecule has 0 bridgehead atoms. The molecule has 1 saturated heterocycles. The molecule has 0 atom stereocenters. The smallest absolute Gasteiger partial charge is 0.254 e. The third-order valence-electron chi connectivity index (χ3n) is 5.67. The summed E-state index contributed by atoms with van der Waals surface area (Å²) < 4.78 is 8.25. The molecule has 1 aliphatic heterocycles. The van der Waals surface area contributed by atoms with Gasteiger partial charge in [-0.05, 0) is 50.1 Å². The van der Waals surface area contributed by atoms with Gasteiger partial charge < -0.3 is 19.9 Å². The van der Waals surface area contributed by atoms with Gasteiger partial charge in [-0.15, -0.1) is 0 Å². The van der Waals surface area contributed by atoms with E-state index in [0.29, 0.717) is 19.7 Å². The molecule has 1 saturated carbocycles. The molecule has 1 aliphatic carbocycles. The molecule has 1 amide bonds. The van der Waals surface area contributed by atoms with Crippen LogP contribution in [0.4, 0.5) is 0 Å². The number of nitrogens with two attached hydrogens (primary N) is 1. The average molecular weight is 341 g/mol. The van der Waals surface area contributed by atoms with Crippen LogP contribution in [-0.4, -0.2) is 47.2 Å². The molecule has 2 aromatic rings. The molecule has 134 valence electrons. The number of carbonyl (C=O) groups is 1. The molecule has 2 heterocycles.